The number of halogens is 1. The van der Waals surface area contributed by atoms with Crippen LogP contribution in [0.4, 0.5) is 10.8 Å². The minimum Gasteiger partial charge on any atom is -0.484 e. The number of para-hydroxylation sites is 1. The van der Waals surface area contributed by atoms with Gasteiger partial charge < -0.3 is 10.1 Å². The molecule has 0 atom stereocenters. The summed E-state index contributed by atoms with van der Waals surface area (Å²) in [5.41, 5.74) is 0.735. The number of nitrogens with one attached hydrogen (secondary N) is 2. The summed E-state index contributed by atoms with van der Waals surface area (Å²) in [6, 6.07) is 15.9. The SMILES string of the molecule is O=C(CSc1nnc(NC(=O)COc2ccc(Cl)cc2)s1)Nc1ccccc1. The van der Waals surface area contributed by atoms with Crippen LogP contribution in [-0.4, -0.2) is 34.4 Å². The van der Waals surface area contributed by atoms with Gasteiger partial charge in [-0.05, 0) is 36.4 Å². The molecule has 3 aromatic rings. The molecule has 0 radical (unpaired) electrons. The number of anilines is 2. The highest BCUT2D eigenvalue weighted by Crippen LogP contribution is 2.25. The fourth-order valence-electron chi connectivity index (χ4n) is 2.00. The van der Waals surface area contributed by atoms with E-state index in [0.29, 0.717) is 20.2 Å². The van der Waals surface area contributed by atoms with E-state index in [0.717, 1.165) is 5.69 Å². The first kappa shape index (κ1) is 20.1. The Morgan fingerprint density at radius 2 is 1.75 bits per heavy atom. The number of hydrogen-bond donors (Lipinski definition) is 2. The quantitative estimate of drug-likeness (QED) is 0.412. The van der Waals surface area contributed by atoms with Crippen LogP contribution < -0.4 is 15.4 Å². The van der Waals surface area contributed by atoms with E-state index in [1.54, 1.807) is 24.3 Å². The summed E-state index contributed by atoms with van der Waals surface area (Å²) in [5.74, 6) is 0.229. The summed E-state index contributed by atoms with van der Waals surface area (Å²) >= 11 is 8.23. The number of rotatable bonds is 8. The van der Waals surface area contributed by atoms with E-state index in [1.807, 2.05) is 30.3 Å². The van der Waals surface area contributed by atoms with Gasteiger partial charge in [-0.15, -0.1) is 10.2 Å². The molecule has 1 heterocycles. The number of ether oxygens (including phenoxy) is 1. The molecule has 144 valence electrons. The number of hydrogen-bond acceptors (Lipinski definition) is 7. The molecule has 0 bridgehead atoms. The van der Waals surface area contributed by atoms with Crippen LogP contribution in [0.25, 0.3) is 0 Å². The minimum absolute atomic E-state index is 0.145. The van der Waals surface area contributed by atoms with E-state index in [9.17, 15) is 9.59 Å². The Morgan fingerprint density at radius 1 is 1.00 bits per heavy atom. The van der Waals surface area contributed by atoms with Gasteiger partial charge in [-0.1, -0.05) is 52.9 Å². The molecule has 0 aliphatic rings. The molecule has 0 saturated carbocycles. The molecule has 0 spiro atoms. The smallest absolute Gasteiger partial charge is 0.264 e. The predicted octanol–water partition coefficient (Wildman–Crippen LogP) is 3.94. The average molecular weight is 435 g/mol. The van der Waals surface area contributed by atoms with E-state index < -0.39 is 0 Å². The maximum absolute atomic E-state index is 11.9. The Hall–Kier alpha value is -2.62. The molecule has 0 unspecified atom stereocenters. The summed E-state index contributed by atoms with van der Waals surface area (Å²) in [6.07, 6.45) is 0. The molecule has 1 aromatic heterocycles. The van der Waals surface area contributed by atoms with Gasteiger partial charge >= 0.3 is 0 Å². The van der Waals surface area contributed by atoms with Crippen molar-refractivity contribution in [2.45, 2.75) is 4.34 Å². The van der Waals surface area contributed by atoms with E-state index in [-0.39, 0.29) is 24.2 Å². The molecule has 28 heavy (non-hydrogen) atoms. The summed E-state index contributed by atoms with van der Waals surface area (Å²) in [5, 5.41) is 14.2. The zero-order chi connectivity index (χ0) is 19.8. The van der Waals surface area contributed by atoms with Crippen LogP contribution in [0, 0.1) is 0 Å². The molecule has 0 aliphatic carbocycles. The molecule has 7 nitrogen and oxygen atoms in total. The topological polar surface area (TPSA) is 93.2 Å². The normalized spacial score (nSPS) is 10.3. The molecule has 0 fully saturated rings. The maximum Gasteiger partial charge on any atom is 0.264 e. The highest BCUT2D eigenvalue weighted by Gasteiger charge is 2.11. The third-order valence-corrected chi connectivity index (χ3v) is 5.44. The monoisotopic (exact) mass is 434 g/mol. The van der Waals surface area contributed by atoms with Crippen molar-refractivity contribution in [3.05, 3.63) is 59.6 Å². The molecule has 2 aromatic carbocycles. The van der Waals surface area contributed by atoms with Crippen molar-refractivity contribution in [1.82, 2.24) is 10.2 Å². The first-order valence-corrected chi connectivity index (χ1v) is 10.3. The van der Waals surface area contributed by atoms with Crippen LogP contribution in [0.1, 0.15) is 0 Å². The van der Waals surface area contributed by atoms with Crippen LogP contribution in [0.2, 0.25) is 5.02 Å². The van der Waals surface area contributed by atoms with E-state index in [4.69, 9.17) is 16.3 Å². The van der Waals surface area contributed by atoms with Gasteiger partial charge in [-0.2, -0.15) is 0 Å². The lowest BCUT2D eigenvalue weighted by Gasteiger charge is -2.05. The highest BCUT2D eigenvalue weighted by atomic mass is 35.5. The van der Waals surface area contributed by atoms with Crippen LogP contribution in [0.5, 0.6) is 5.75 Å². The lowest BCUT2D eigenvalue weighted by molar-refractivity contribution is -0.118. The number of carbonyl (C=O) groups is 2. The second-order valence-corrected chi connectivity index (χ2v) is 8.00. The van der Waals surface area contributed by atoms with Crippen LogP contribution in [-0.2, 0) is 9.59 Å². The number of carbonyl (C=O) groups excluding carboxylic acids is 2. The highest BCUT2D eigenvalue weighted by molar-refractivity contribution is 8.01. The second-order valence-electron chi connectivity index (χ2n) is 5.37. The third kappa shape index (κ3) is 6.52. The standard InChI is InChI=1S/C18H15ClN4O3S2/c19-12-6-8-14(9-7-12)26-10-15(24)21-17-22-23-18(28-17)27-11-16(25)20-13-4-2-1-3-5-13/h1-9H,10-11H2,(H,20,25)(H,21,22,24). The van der Waals surface area contributed by atoms with Crippen molar-refractivity contribution in [3.63, 3.8) is 0 Å². The summed E-state index contributed by atoms with van der Waals surface area (Å²) in [4.78, 5) is 23.9. The van der Waals surface area contributed by atoms with Crippen molar-refractivity contribution >= 4 is 57.3 Å². The van der Waals surface area contributed by atoms with Gasteiger partial charge in [0.1, 0.15) is 5.75 Å². The minimum atomic E-state index is -0.357. The second kappa shape index (κ2) is 10.1. The van der Waals surface area contributed by atoms with Gasteiger partial charge in [0.2, 0.25) is 11.0 Å². The molecule has 0 saturated heterocycles. The molecule has 2 N–H and O–H groups in total. The molecule has 2 amide bonds. The lowest BCUT2D eigenvalue weighted by Crippen LogP contribution is -2.20. The van der Waals surface area contributed by atoms with Crippen molar-refractivity contribution in [2.75, 3.05) is 23.0 Å². The fraction of sp³-hybridized carbons (Fsp3) is 0.111. The Labute approximate surface area is 174 Å². The predicted molar refractivity (Wildman–Crippen MR) is 111 cm³/mol. The number of nitrogens with zero attached hydrogens (tertiary/aromatic N) is 2. The van der Waals surface area contributed by atoms with Crippen LogP contribution in [0.15, 0.2) is 58.9 Å². The van der Waals surface area contributed by atoms with Crippen LogP contribution in [0.3, 0.4) is 0 Å². The third-order valence-electron chi connectivity index (χ3n) is 3.22. The van der Waals surface area contributed by atoms with Crippen molar-refractivity contribution in [2.24, 2.45) is 0 Å². The van der Waals surface area contributed by atoms with Gasteiger partial charge in [-0.3, -0.25) is 14.9 Å². The molecule has 0 aliphatic heterocycles. The Balaban J connectivity index is 1.41. The van der Waals surface area contributed by atoms with Gasteiger partial charge in [0.15, 0.2) is 10.9 Å². The average Bonchev–Trinajstić information content (AvgIpc) is 3.14. The zero-order valence-corrected chi connectivity index (χ0v) is 16.8. The summed E-state index contributed by atoms with van der Waals surface area (Å²) in [7, 11) is 0. The van der Waals surface area contributed by atoms with Gasteiger partial charge in [0.25, 0.3) is 5.91 Å². The van der Waals surface area contributed by atoms with E-state index in [2.05, 4.69) is 20.8 Å². The van der Waals surface area contributed by atoms with Gasteiger partial charge in [0, 0.05) is 10.7 Å². The maximum atomic E-state index is 11.9. The number of amides is 2. The van der Waals surface area contributed by atoms with Crippen molar-refractivity contribution in [3.8, 4) is 5.75 Å². The first-order chi connectivity index (χ1) is 13.6. The number of thioether (sulfide) groups is 1. The fourth-order valence-corrected chi connectivity index (χ4v) is 3.69. The molecular formula is C18H15ClN4O3S2. The van der Waals surface area contributed by atoms with E-state index >= 15 is 0 Å². The van der Waals surface area contributed by atoms with Gasteiger partial charge in [0.05, 0.1) is 5.75 Å². The molecule has 10 heteroatoms. The first-order valence-electron chi connectivity index (χ1n) is 8.08. The zero-order valence-electron chi connectivity index (χ0n) is 14.4. The largest absolute Gasteiger partial charge is 0.484 e. The Kier molecular flexibility index (Phi) is 7.24. The number of aromatic nitrogens is 2. The Bertz CT molecular complexity index is 936. The van der Waals surface area contributed by atoms with Crippen molar-refractivity contribution < 1.29 is 14.3 Å². The lowest BCUT2D eigenvalue weighted by atomic mass is 10.3. The molecule has 3 rings (SSSR count). The number of benzene rings is 2. The Morgan fingerprint density at radius 3 is 2.50 bits per heavy atom. The van der Waals surface area contributed by atoms with Gasteiger partial charge in [-0.25, -0.2) is 0 Å². The summed E-state index contributed by atoms with van der Waals surface area (Å²) < 4.78 is 5.95. The van der Waals surface area contributed by atoms with Crippen molar-refractivity contribution in [1.29, 1.82) is 0 Å². The van der Waals surface area contributed by atoms with E-state index in [1.165, 1.54) is 23.1 Å². The van der Waals surface area contributed by atoms with Crippen LogP contribution >= 0.6 is 34.7 Å². The summed E-state index contributed by atoms with van der Waals surface area (Å²) in [6.45, 7) is -0.164. The molecular weight excluding hydrogens is 420 g/mol.